The number of likely N-dealkylation sites (tertiary alicyclic amines) is 1. The Bertz CT molecular complexity index is 1550. The van der Waals surface area contributed by atoms with Crippen LogP contribution in [0.4, 0.5) is 4.39 Å². The Morgan fingerprint density at radius 3 is 2.53 bits per heavy atom. The van der Waals surface area contributed by atoms with Gasteiger partial charge in [-0.3, -0.25) is 9.59 Å². The highest BCUT2D eigenvalue weighted by atomic mass is 19.1. The number of aliphatic hydroxyl groups is 1. The van der Waals surface area contributed by atoms with Crippen LogP contribution in [0.15, 0.2) is 78.5 Å². The maximum absolute atomic E-state index is 13.4. The van der Waals surface area contributed by atoms with Gasteiger partial charge in [0.25, 0.3) is 11.7 Å². The summed E-state index contributed by atoms with van der Waals surface area (Å²) in [4.78, 5) is 31.5. The van der Waals surface area contributed by atoms with Crippen molar-refractivity contribution < 1.29 is 23.8 Å². The molecule has 5 rings (SSSR count). The molecule has 194 valence electrons. The minimum absolute atomic E-state index is 0.0125. The minimum atomic E-state index is -0.793. The second kappa shape index (κ2) is 10.2. The molecule has 1 unspecified atom stereocenters. The number of Topliss-reactive ketones (excluding diaryl/α,β-unsaturated/α-hetero) is 1. The molecule has 1 amide bonds. The number of rotatable bonds is 7. The summed E-state index contributed by atoms with van der Waals surface area (Å²) in [5, 5.41) is 12.3. The Hall–Kier alpha value is -4.39. The van der Waals surface area contributed by atoms with Gasteiger partial charge in [0.15, 0.2) is 0 Å². The molecule has 6 nitrogen and oxygen atoms in total. The quantitative estimate of drug-likeness (QED) is 0.179. The average molecular weight is 513 g/mol. The summed E-state index contributed by atoms with van der Waals surface area (Å²) in [5.74, 6) is -1.31. The van der Waals surface area contributed by atoms with E-state index in [1.165, 1.54) is 17.0 Å². The predicted molar refractivity (Wildman–Crippen MR) is 144 cm³/mol. The summed E-state index contributed by atoms with van der Waals surface area (Å²) in [7, 11) is 0. The molecule has 1 aliphatic rings. The normalized spacial score (nSPS) is 17.1. The molecule has 1 atom stereocenters. The largest absolute Gasteiger partial charge is 0.507 e. The number of para-hydroxylation sites is 1. The first-order valence-corrected chi connectivity index (χ1v) is 12.6. The van der Waals surface area contributed by atoms with E-state index in [0.29, 0.717) is 17.7 Å². The number of ether oxygens (including phenoxy) is 1. The third-order valence-corrected chi connectivity index (χ3v) is 6.82. The van der Waals surface area contributed by atoms with Crippen LogP contribution in [-0.2, 0) is 16.0 Å². The molecule has 0 saturated carbocycles. The molecule has 0 spiro atoms. The van der Waals surface area contributed by atoms with Gasteiger partial charge < -0.3 is 19.7 Å². The summed E-state index contributed by atoms with van der Waals surface area (Å²) in [6.45, 7) is 5.95. The molecule has 0 bridgehead atoms. The molecule has 4 aromatic rings. The number of nitrogens with zero attached hydrogens (tertiary/aromatic N) is 1. The number of halogens is 1. The zero-order valence-corrected chi connectivity index (χ0v) is 21.5. The lowest BCUT2D eigenvalue weighted by Gasteiger charge is -2.25. The highest BCUT2D eigenvalue weighted by Gasteiger charge is 2.46. The van der Waals surface area contributed by atoms with Crippen molar-refractivity contribution in [3.8, 4) is 5.75 Å². The summed E-state index contributed by atoms with van der Waals surface area (Å²) < 4.78 is 19.2. The molecular weight excluding hydrogens is 483 g/mol. The summed E-state index contributed by atoms with van der Waals surface area (Å²) in [5.41, 5.74) is 3.68. The number of fused-ring (bicyclic) bond motifs is 1. The third-order valence-electron chi connectivity index (χ3n) is 6.82. The van der Waals surface area contributed by atoms with Gasteiger partial charge in [-0.25, -0.2) is 4.39 Å². The fraction of sp³-hybridized carbons (Fsp3) is 0.226. The fourth-order valence-electron chi connectivity index (χ4n) is 4.99. The Labute approximate surface area is 220 Å². The Morgan fingerprint density at radius 2 is 1.82 bits per heavy atom. The van der Waals surface area contributed by atoms with Crippen LogP contribution < -0.4 is 4.74 Å². The van der Waals surface area contributed by atoms with Gasteiger partial charge in [-0.15, -0.1) is 0 Å². The van der Waals surface area contributed by atoms with E-state index < -0.39 is 17.7 Å². The molecule has 0 radical (unpaired) electrons. The van der Waals surface area contributed by atoms with Crippen molar-refractivity contribution in [1.82, 2.24) is 9.88 Å². The first-order chi connectivity index (χ1) is 18.2. The smallest absolute Gasteiger partial charge is 0.295 e. The summed E-state index contributed by atoms with van der Waals surface area (Å²) >= 11 is 0. The second-order valence-electron chi connectivity index (χ2n) is 9.81. The number of hydrogen-bond acceptors (Lipinski definition) is 4. The van der Waals surface area contributed by atoms with Crippen molar-refractivity contribution in [2.75, 3.05) is 6.54 Å². The number of ketones is 1. The van der Waals surface area contributed by atoms with Crippen LogP contribution in [0, 0.1) is 12.7 Å². The van der Waals surface area contributed by atoms with Crippen LogP contribution in [0.3, 0.4) is 0 Å². The molecule has 1 aliphatic heterocycles. The number of hydrogen-bond donors (Lipinski definition) is 2. The van der Waals surface area contributed by atoms with E-state index in [9.17, 15) is 19.1 Å². The second-order valence-corrected chi connectivity index (χ2v) is 9.81. The molecule has 0 aliphatic carbocycles. The first-order valence-electron chi connectivity index (χ1n) is 12.6. The number of nitrogens with one attached hydrogen (secondary N) is 1. The molecule has 1 aromatic heterocycles. The lowest BCUT2D eigenvalue weighted by Crippen LogP contribution is -2.31. The zero-order valence-electron chi connectivity index (χ0n) is 21.5. The molecule has 2 N–H and O–H groups in total. The topological polar surface area (TPSA) is 82.6 Å². The maximum atomic E-state index is 13.4. The van der Waals surface area contributed by atoms with Gasteiger partial charge in [0, 0.05) is 34.8 Å². The van der Waals surface area contributed by atoms with Crippen LogP contribution in [-0.4, -0.2) is 39.3 Å². The van der Waals surface area contributed by atoms with Crippen molar-refractivity contribution in [1.29, 1.82) is 0 Å². The van der Waals surface area contributed by atoms with Crippen molar-refractivity contribution in [3.63, 3.8) is 0 Å². The Balaban J connectivity index is 1.60. The highest BCUT2D eigenvalue weighted by Crippen LogP contribution is 2.42. The number of aromatic nitrogens is 1. The van der Waals surface area contributed by atoms with Crippen LogP contribution in [0.2, 0.25) is 0 Å². The number of carbonyl (C=O) groups is 2. The van der Waals surface area contributed by atoms with Crippen LogP contribution in [0.5, 0.6) is 5.75 Å². The van der Waals surface area contributed by atoms with E-state index in [0.717, 1.165) is 27.6 Å². The summed E-state index contributed by atoms with van der Waals surface area (Å²) in [6.07, 6.45) is 2.19. The van der Waals surface area contributed by atoms with Gasteiger partial charge in [0.1, 0.15) is 17.3 Å². The number of aryl methyl sites for hydroxylation is 1. The number of H-pyrrole nitrogens is 1. The fourth-order valence-corrected chi connectivity index (χ4v) is 4.99. The van der Waals surface area contributed by atoms with Gasteiger partial charge in [0.2, 0.25) is 0 Å². The molecule has 2 heterocycles. The minimum Gasteiger partial charge on any atom is -0.507 e. The van der Waals surface area contributed by atoms with Crippen molar-refractivity contribution >= 4 is 28.4 Å². The Kier molecular flexibility index (Phi) is 6.76. The molecule has 1 fully saturated rings. The van der Waals surface area contributed by atoms with Gasteiger partial charge in [0.05, 0.1) is 17.7 Å². The van der Waals surface area contributed by atoms with Crippen molar-refractivity contribution in [2.45, 2.75) is 39.3 Å². The number of carbonyl (C=O) groups excluding carboxylic acids is 2. The number of benzene rings is 3. The maximum Gasteiger partial charge on any atom is 0.295 e. The van der Waals surface area contributed by atoms with Crippen LogP contribution in [0.1, 0.15) is 42.1 Å². The van der Waals surface area contributed by atoms with Crippen LogP contribution in [0.25, 0.3) is 16.7 Å². The standard InChI is InChI=1S/C31H29FN2O4/c1-18(2)38-26-13-10-21(16-19(26)3)29(35)27-28(24-17-33-25-7-5-4-6-23(24)25)34(31(37)30(27)36)15-14-20-8-11-22(32)12-9-20/h4-13,16-18,28,33,35H,14-15H2,1-3H3/b29-27+. The zero-order chi connectivity index (χ0) is 27.0. The number of aromatic amines is 1. The third kappa shape index (κ3) is 4.67. The van der Waals surface area contributed by atoms with Gasteiger partial charge in [-0.1, -0.05) is 30.3 Å². The lowest BCUT2D eigenvalue weighted by atomic mass is 9.94. The van der Waals surface area contributed by atoms with Crippen molar-refractivity contribution in [3.05, 3.63) is 107 Å². The van der Waals surface area contributed by atoms with Gasteiger partial charge in [-0.05, 0) is 74.7 Å². The van der Waals surface area contributed by atoms with Crippen molar-refractivity contribution in [2.24, 2.45) is 0 Å². The predicted octanol–water partition coefficient (Wildman–Crippen LogP) is 6.07. The number of aliphatic hydroxyl groups excluding tert-OH is 1. The van der Waals surface area contributed by atoms with E-state index in [4.69, 9.17) is 4.74 Å². The van der Waals surface area contributed by atoms with Crippen LogP contribution >= 0.6 is 0 Å². The monoisotopic (exact) mass is 512 g/mol. The van der Waals surface area contributed by atoms with Gasteiger partial charge in [-0.2, -0.15) is 0 Å². The van der Waals surface area contributed by atoms with Gasteiger partial charge >= 0.3 is 0 Å². The Morgan fingerprint density at radius 1 is 1.08 bits per heavy atom. The molecule has 3 aromatic carbocycles. The molecule has 1 saturated heterocycles. The van der Waals surface area contributed by atoms with E-state index in [2.05, 4.69) is 4.98 Å². The molecular formula is C31H29FN2O4. The summed E-state index contributed by atoms with van der Waals surface area (Å²) in [6, 6.07) is 18.1. The highest BCUT2D eigenvalue weighted by molar-refractivity contribution is 6.46. The SMILES string of the molecule is Cc1cc(/C(O)=C2\C(=O)C(=O)N(CCc3ccc(F)cc3)C2c2c[nH]c3ccccc23)ccc1OC(C)C. The van der Waals surface area contributed by atoms with E-state index in [-0.39, 0.29) is 29.8 Å². The molecule has 38 heavy (non-hydrogen) atoms. The van der Waals surface area contributed by atoms with E-state index in [1.807, 2.05) is 45.0 Å². The van der Waals surface area contributed by atoms with E-state index in [1.54, 1.807) is 36.5 Å². The average Bonchev–Trinajstić information content (AvgIpc) is 3.43. The molecule has 7 heteroatoms. The lowest BCUT2D eigenvalue weighted by molar-refractivity contribution is -0.139. The van der Waals surface area contributed by atoms with E-state index >= 15 is 0 Å². The first kappa shape index (κ1) is 25.3. The number of amides is 1.